The second-order valence-electron chi connectivity index (χ2n) is 4.01. The minimum absolute atomic E-state index is 0.105. The molecular formula is C13H9BrClFN2O2. The number of anilines is 1. The Morgan fingerprint density at radius 2 is 2.05 bits per heavy atom. The van der Waals surface area contributed by atoms with Crippen molar-refractivity contribution in [2.75, 3.05) is 5.32 Å². The molecule has 0 heterocycles. The van der Waals surface area contributed by atoms with E-state index in [-0.39, 0.29) is 17.9 Å². The third kappa shape index (κ3) is 3.46. The van der Waals surface area contributed by atoms with Gasteiger partial charge in [0.2, 0.25) is 0 Å². The van der Waals surface area contributed by atoms with Crippen molar-refractivity contribution in [3.8, 4) is 0 Å². The Morgan fingerprint density at radius 1 is 1.30 bits per heavy atom. The number of benzene rings is 2. The average molecular weight is 360 g/mol. The molecule has 4 nitrogen and oxygen atoms in total. The van der Waals surface area contributed by atoms with Crippen LogP contribution >= 0.6 is 27.5 Å². The van der Waals surface area contributed by atoms with E-state index in [1.807, 2.05) is 0 Å². The summed E-state index contributed by atoms with van der Waals surface area (Å²) in [5.41, 5.74) is 0.555. The van der Waals surface area contributed by atoms with E-state index in [0.717, 1.165) is 0 Å². The van der Waals surface area contributed by atoms with Crippen molar-refractivity contribution in [1.82, 2.24) is 0 Å². The number of nitrogens with zero attached hydrogens (tertiary/aromatic N) is 1. The van der Waals surface area contributed by atoms with Gasteiger partial charge in [0, 0.05) is 27.7 Å². The number of nitro groups is 1. The number of nitrogens with one attached hydrogen (secondary N) is 1. The van der Waals surface area contributed by atoms with Crippen LogP contribution < -0.4 is 5.32 Å². The third-order valence-corrected chi connectivity index (χ3v) is 3.37. The SMILES string of the molecule is O=[N+]([O-])c1ccc(Cl)cc1NCc1ccc(Br)cc1F. The van der Waals surface area contributed by atoms with Crippen LogP contribution in [-0.2, 0) is 6.54 Å². The fraction of sp³-hybridized carbons (Fsp3) is 0.0769. The van der Waals surface area contributed by atoms with Gasteiger partial charge in [0.05, 0.1) is 4.92 Å². The summed E-state index contributed by atoms with van der Waals surface area (Å²) < 4.78 is 14.3. The highest BCUT2D eigenvalue weighted by Gasteiger charge is 2.14. The van der Waals surface area contributed by atoms with Crippen molar-refractivity contribution >= 4 is 38.9 Å². The Balaban J connectivity index is 2.22. The standard InChI is InChI=1S/C13H9BrClFN2O2/c14-9-2-1-8(11(16)5-9)7-17-12-6-10(15)3-4-13(12)18(19)20/h1-6,17H,7H2. The summed E-state index contributed by atoms with van der Waals surface area (Å²) in [5.74, 6) is -0.392. The molecule has 2 rings (SSSR count). The molecule has 0 aliphatic carbocycles. The molecule has 0 saturated carbocycles. The van der Waals surface area contributed by atoms with E-state index in [1.165, 1.54) is 24.3 Å². The quantitative estimate of drug-likeness (QED) is 0.632. The molecular weight excluding hydrogens is 351 g/mol. The molecule has 0 atom stereocenters. The molecule has 0 aliphatic rings. The molecule has 2 aromatic carbocycles. The summed E-state index contributed by atoms with van der Waals surface area (Å²) in [6.45, 7) is 0.125. The summed E-state index contributed by atoms with van der Waals surface area (Å²) in [5, 5.41) is 14.1. The fourth-order valence-electron chi connectivity index (χ4n) is 1.66. The lowest BCUT2D eigenvalue weighted by molar-refractivity contribution is -0.384. The molecule has 20 heavy (non-hydrogen) atoms. The average Bonchev–Trinajstić information content (AvgIpc) is 2.37. The predicted octanol–water partition coefficient (Wildman–Crippen LogP) is 4.76. The first kappa shape index (κ1) is 14.7. The van der Waals surface area contributed by atoms with Crippen LogP contribution in [0.5, 0.6) is 0 Å². The monoisotopic (exact) mass is 358 g/mol. The number of nitro benzene ring substituents is 1. The van der Waals surface area contributed by atoms with Gasteiger partial charge in [-0.05, 0) is 24.3 Å². The highest BCUT2D eigenvalue weighted by molar-refractivity contribution is 9.10. The number of hydrogen-bond acceptors (Lipinski definition) is 3. The zero-order valence-electron chi connectivity index (χ0n) is 10.1. The summed E-state index contributed by atoms with van der Waals surface area (Å²) >= 11 is 8.98. The van der Waals surface area contributed by atoms with E-state index in [9.17, 15) is 14.5 Å². The van der Waals surface area contributed by atoms with Crippen molar-refractivity contribution < 1.29 is 9.31 Å². The molecule has 0 saturated heterocycles. The number of hydrogen-bond donors (Lipinski definition) is 1. The molecule has 2 aromatic rings. The molecule has 104 valence electrons. The maximum Gasteiger partial charge on any atom is 0.292 e. The Morgan fingerprint density at radius 3 is 2.70 bits per heavy atom. The van der Waals surface area contributed by atoms with Gasteiger partial charge in [-0.2, -0.15) is 0 Å². The van der Waals surface area contributed by atoms with Crippen LogP contribution in [0.15, 0.2) is 40.9 Å². The fourth-order valence-corrected chi connectivity index (χ4v) is 2.17. The molecule has 0 aliphatic heterocycles. The molecule has 0 unspecified atom stereocenters. The van der Waals surface area contributed by atoms with Gasteiger partial charge in [-0.1, -0.05) is 33.6 Å². The van der Waals surface area contributed by atoms with E-state index >= 15 is 0 Å². The first-order valence-electron chi connectivity index (χ1n) is 5.59. The molecule has 7 heteroatoms. The first-order chi connectivity index (χ1) is 9.47. The zero-order valence-corrected chi connectivity index (χ0v) is 12.4. The Bertz CT molecular complexity index is 667. The van der Waals surface area contributed by atoms with Crippen molar-refractivity contribution in [2.45, 2.75) is 6.54 Å². The second-order valence-corrected chi connectivity index (χ2v) is 5.36. The van der Waals surface area contributed by atoms with Gasteiger partial charge in [0.25, 0.3) is 5.69 Å². The van der Waals surface area contributed by atoms with E-state index in [2.05, 4.69) is 21.2 Å². The minimum atomic E-state index is -0.517. The number of halogens is 3. The Hall–Kier alpha value is -1.66. The van der Waals surface area contributed by atoms with Crippen LogP contribution in [0.3, 0.4) is 0 Å². The van der Waals surface area contributed by atoms with Gasteiger partial charge >= 0.3 is 0 Å². The van der Waals surface area contributed by atoms with Crippen LogP contribution in [0.1, 0.15) is 5.56 Å². The highest BCUT2D eigenvalue weighted by atomic mass is 79.9. The lowest BCUT2D eigenvalue weighted by atomic mass is 10.2. The van der Waals surface area contributed by atoms with E-state index in [1.54, 1.807) is 12.1 Å². The van der Waals surface area contributed by atoms with Crippen molar-refractivity contribution in [3.63, 3.8) is 0 Å². The maximum atomic E-state index is 13.7. The van der Waals surface area contributed by atoms with Crippen molar-refractivity contribution in [3.05, 3.63) is 67.4 Å². The van der Waals surface area contributed by atoms with E-state index in [0.29, 0.717) is 15.1 Å². The Kier molecular flexibility index (Phi) is 4.57. The lowest BCUT2D eigenvalue weighted by Crippen LogP contribution is -2.04. The Labute approximate surface area is 127 Å². The van der Waals surface area contributed by atoms with Gasteiger partial charge in [-0.3, -0.25) is 10.1 Å². The maximum absolute atomic E-state index is 13.7. The second kappa shape index (κ2) is 6.19. The van der Waals surface area contributed by atoms with Crippen LogP contribution in [0.25, 0.3) is 0 Å². The summed E-state index contributed by atoms with van der Waals surface area (Å²) in [6.07, 6.45) is 0. The highest BCUT2D eigenvalue weighted by Crippen LogP contribution is 2.28. The van der Waals surface area contributed by atoms with Crippen molar-refractivity contribution in [1.29, 1.82) is 0 Å². The van der Waals surface area contributed by atoms with Crippen LogP contribution in [-0.4, -0.2) is 4.92 Å². The van der Waals surface area contributed by atoms with Crippen molar-refractivity contribution in [2.24, 2.45) is 0 Å². The van der Waals surface area contributed by atoms with E-state index in [4.69, 9.17) is 11.6 Å². The van der Waals surface area contributed by atoms with Gasteiger partial charge in [-0.25, -0.2) is 4.39 Å². The smallest absolute Gasteiger partial charge is 0.292 e. The topological polar surface area (TPSA) is 55.2 Å². The molecule has 0 radical (unpaired) electrons. The summed E-state index contributed by atoms with van der Waals surface area (Å²) in [7, 11) is 0. The van der Waals surface area contributed by atoms with Crippen LogP contribution in [0.2, 0.25) is 5.02 Å². The summed E-state index contributed by atoms with van der Waals surface area (Å²) in [4.78, 5) is 10.4. The molecule has 1 N–H and O–H groups in total. The van der Waals surface area contributed by atoms with Crippen LogP contribution in [0.4, 0.5) is 15.8 Å². The molecule has 0 spiro atoms. The van der Waals surface area contributed by atoms with Crippen LogP contribution in [0, 0.1) is 15.9 Å². The lowest BCUT2D eigenvalue weighted by Gasteiger charge is -2.08. The normalized spacial score (nSPS) is 10.3. The number of rotatable bonds is 4. The largest absolute Gasteiger partial charge is 0.375 e. The third-order valence-electron chi connectivity index (χ3n) is 2.64. The first-order valence-corrected chi connectivity index (χ1v) is 6.76. The zero-order chi connectivity index (χ0) is 14.7. The minimum Gasteiger partial charge on any atom is -0.375 e. The van der Waals surface area contributed by atoms with Gasteiger partial charge < -0.3 is 5.32 Å². The summed E-state index contributed by atoms with van der Waals surface area (Å²) in [6, 6.07) is 8.82. The molecule has 0 amide bonds. The molecule has 0 aromatic heterocycles. The van der Waals surface area contributed by atoms with Gasteiger partial charge in [0.15, 0.2) is 0 Å². The van der Waals surface area contributed by atoms with E-state index < -0.39 is 10.7 Å². The van der Waals surface area contributed by atoms with Gasteiger partial charge in [0.1, 0.15) is 11.5 Å². The predicted molar refractivity (Wildman–Crippen MR) is 79.5 cm³/mol. The van der Waals surface area contributed by atoms with Gasteiger partial charge in [-0.15, -0.1) is 0 Å². The molecule has 0 bridgehead atoms. The molecule has 0 fully saturated rings.